The largest absolute Gasteiger partial charge is 0.464 e. The molecule has 0 aliphatic carbocycles. The van der Waals surface area contributed by atoms with Crippen LogP contribution in [0.3, 0.4) is 0 Å². The van der Waals surface area contributed by atoms with Gasteiger partial charge in [0.1, 0.15) is 6.04 Å². The molecule has 0 saturated heterocycles. The first-order chi connectivity index (χ1) is 9.04. The Morgan fingerprint density at radius 1 is 1.47 bits per heavy atom. The molecular weight excluding hydrogens is 248 g/mol. The zero-order valence-corrected chi connectivity index (χ0v) is 10.7. The number of carbonyl (C=O) groups is 1. The molecule has 100 valence electrons. The van der Waals surface area contributed by atoms with Gasteiger partial charge in [-0.05, 0) is 26.0 Å². The topological polar surface area (TPSA) is 74.4 Å². The number of non-ortho nitro benzene ring substituents is 1. The number of rotatable bonds is 4. The number of carbonyl (C=O) groups excluding carboxylic acids is 1. The predicted molar refractivity (Wildman–Crippen MR) is 69.9 cm³/mol. The Kier molecular flexibility index (Phi) is 3.50. The van der Waals surface area contributed by atoms with Gasteiger partial charge in [0.25, 0.3) is 5.69 Å². The quantitative estimate of drug-likeness (QED) is 0.482. The summed E-state index contributed by atoms with van der Waals surface area (Å²) in [5, 5.41) is 11.4. The fourth-order valence-corrected chi connectivity index (χ4v) is 1.98. The van der Waals surface area contributed by atoms with Gasteiger partial charge < -0.3 is 9.30 Å². The molecular formula is C13H14N2O4. The summed E-state index contributed by atoms with van der Waals surface area (Å²) in [7, 11) is 0. The number of ether oxygens (including phenoxy) is 1. The molecule has 1 heterocycles. The van der Waals surface area contributed by atoms with Crippen LogP contribution in [0.15, 0.2) is 30.5 Å². The molecule has 2 aromatic rings. The third kappa shape index (κ3) is 2.42. The van der Waals surface area contributed by atoms with E-state index < -0.39 is 11.0 Å². The van der Waals surface area contributed by atoms with Crippen molar-refractivity contribution in [2.75, 3.05) is 6.61 Å². The summed E-state index contributed by atoms with van der Waals surface area (Å²) < 4.78 is 6.72. The van der Waals surface area contributed by atoms with Gasteiger partial charge in [-0.15, -0.1) is 0 Å². The van der Waals surface area contributed by atoms with Crippen molar-refractivity contribution in [3.8, 4) is 0 Å². The van der Waals surface area contributed by atoms with Crippen molar-refractivity contribution in [1.82, 2.24) is 4.57 Å². The van der Waals surface area contributed by atoms with Gasteiger partial charge >= 0.3 is 5.97 Å². The summed E-state index contributed by atoms with van der Waals surface area (Å²) >= 11 is 0. The van der Waals surface area contributed by atoms with Crippen LogP contribution in [-0.2, 0) is 9.53 Å². The van der Waals surface area contributed by atoms with E-state index in [0.717, 1.165) is 10.9 Å². The molecule has 0 spiro atoms. The van der Waals surface area contributed by atoms with Crippen LogP contribution in [0, 0.1) is 10.1 Å². The molecule has 19 heavy (non-hydrogen) atoms. The number of benzene rings is 1. The summed E-state index contributed by atoms with van der Waals surface area (Å²) in [5.41, 5.74) is 0.806. The molecule has 1 atom stereocenters. The van der Waals surface area contributed by atoms with Crippen LogP contribution in [0.5, 0.6) is 0 Å². The minimum atomic E-state index is -0.459. The molecule has 1 aromatic heterocycles. The summed E-state index contributed by atoms with van der Waals surface area (Å²) in [5.74, 6) is -0.321. The Bertz CT molecular complexity index is 633. The molecule has 0 fully saturated rings. The molecule has 0 saturated carbocycles. The van der Waals surface area contributed by atoms with Crippen LogP contribution >= 0.6 is 0 Å². The highest BCUT2D eigenvalue weighted by atomic mass is 16.6. The second kappa shape index (κ2) is 5.09. The number of hydrogen-bond acceptors (Lipinski definition) is 4. The molecule has 0 bridgehead atoms. The number of aromatic nitrogens is 1. The number of nitro benzene ring substituents is 1. The highest BCUT2D eigenvalue weighted by molar-refractivity contribution is 5.85. The monoisotopic (exact) mass is 262 g/mol. The molecule has 0 aliphatic heterocycles. The van der Waals surface area contributed by atoms with E-state index in [0.29, 0.717) is 6.61 Å². The lowest BCUT2D eigenvalue weighted by Crippen LogP contribution is -2.18. The van der Waals surface area contributed by atoms with Crippen molar-refractivity contribution in [3.05, 3.63) is 40.6 Å². The van der Waals surface area contributed by atoms with E-state index in [-0.39, 0.29) is 11.7 Å². The smallest absolute Gasteiger partial charge is 0.328 e. The maximum atomic E-state index is 11.7. The molecule has 6 heteroatoms. The van der Waals surface area contributed by atoms with Crippen molar-refractivity contribution in [2.24, 2.45) is 0 Å². The Labute approximate surface area is 109 Å². The summed E-state index contributed by atoms with van der Waals surface area (Å²) in [6.07, 6.45) is 1.73. The van der Waals surface area contributed by atoms with Crippen LogP contribution in [-0.4, -0.2) is 22.1 Å². The molecule has 0 N–H and O–H groups in total. The first kappa shape index (κ1) is 13.1. The van der Waals surface area contributed by atoms with E-state index >= 15 is 0 Å². The number of hydrogen-bond donors (Lipinski definition) is 0. The van der Waals surface area contributed by atoms with E-state index in [1.165, 1.54) is 12.1 Å². The van der Waals surface area contributed by atoms with Gasteiger partial charge in [-0.1, -0.05) is 0 Å². The standard InChI is InChI=1S/C13H14N2O4/c1-3-19-13(16)9(2)14-7-6-10-8-11(15(17)18)4-5-12(10)14/h4-9H,3H2,1-2H3/t9-/m0/s1. The molecule has 0 unspecified atom stereocenters. The number of fused-ring (bicyclic) bond motifs is 1. The van der Waals surface area contributed by atoms with E-state index in [4.69, 9.17) is 4.74 Å². The second-order valence-corrected chi connectivity index (χ2v) is 4.15. The van der Waals surface area contributed by atoms with Gasteiger partial charge in [-0.2, -0.15) is 0 Å². The third-order valence-corrected chi connectivity index (χ3v) is 2.96. The van der Waals surface area contributed by atoms with Gasteiger partial charge in [0.15, 0.2) is 0 Å². The summed E-state index contributed by atoms with van der Waals surface area (Å²) in [6.45, 7) is 3.81. The zero-order valence-electron chi connectivity index (χ0n) is 10.7. The SMILES string of the molecule is CCOC(=O)[C@H](C)n1ccc2cc([N+](=O)[O-])ccc21. The first-order valence-electron chi connectivity index (χ1n) is 5.96. The Morgan fingerprint density at radius 3 is 2.84 bits per heavy atom. The molecule has 0 amide bonds. The van der Waals surface area contributed by atoms with Crippen LogP contribution in [0.25, 0.3) is 10.9 Å². The minimum Gasteiger partial charge on any atom is -0.464 e. The lowest BCUT2D eigenvalue weighted by molar-refractivity contribution is -0.384. The van der Waals surface area contributed by atoms with Crippen LogP contribution in [0.1, 0.15) is 19.9 Å². The summed E-state index contributed by atoms with van der Waals surface area (Å²) in [4.78, 5) is 22.0. The lowest BCUT2D eigenvalue weighted by atomic mass is 10.2. The Hall–Kier alpha value is -2.37. The van der Waals surface area contributed by atoms with Gasteiger partial charge in [-0.3, -0.25) is 10.1 Å². The van der Waals surface area contributed by atoms with E-state index in [2.05, 4.69) is 0 Å². The minimum absolute atomic E-state index is 0.0361. The van der Waals surface area contributed by atoms with E-state index in [1.807, 2.05) is 0 Å². The molecule has 2 rings (SSSR count). The molecule has 1 aromatic carbocycles. The van der Waals surface area contributed by atoms with E-state index in [1.54, 1.807) is 36.7 Å². The zero-order chi connectivity index (χ0) is 14.0. The lowest BCUT2D eigenvalue weighted by Gasteiger charge is -2.13. The second-order valence-electron chi connectivity index (χ2n) is 4.15. The highest BCUT2D eigenvalue weighted by Gasteiger charge is 2.18. The van der Waals surface area contributed by atoms with E-state index in [9.17, 15) is 14.9 Å². The maximum Gasteiger partial charge on any atom is 0.328 e. The van der Waals surface area contributed by atoms with Crippen LogP contribution < -0.4 is 0 Å². The van der Waals surface area contributed by atoms with Gasteiger partial charge in [-0.25, -0.2) is 4.79 Å². The summed E-state index contributed by atoms with van der Waals surface area (Å²) in [6, 6.07) is 5.85. The van der Waals surface area contributed by atoms with Crippen molar-refractivity contribution in [2.45, 2.75) is 19.9 Å². The van der Waals surface area contributed by atoms with Crippen LogP contribution in [0.2, 0.25) is 0 Å². The normalized spacial score (nSPS) is 12.3. The highest BCUT2D eigenvalue weighted by Crippen LogP contribution is 2.24. The van der Waals surface area contributed by atoms with Gasteiger partial charge in [0.2, 0.25) is 0 Å². The molecule has 0 aliphatic rings. The van der Waals surface area contributed by atoms with Gasteiger partial charge in [0.05, 0.1) is 11.5 Å². The number of nitrogens with zero attached hydrogens (tertiary/aromatic N) is 2. The van der Waals surface area contributed by atoms with Crippen molar-refractivity contribution in [1.29, 1.82) is 0 Å². The predicted octanol–water partition coefficient (Wildman–Crippen LogP) is 2.67. The number of esters is 1. The first-order valence-corrected chi connectivity index (χ1v) is 5.96. The fourth-order valence-electron chi connectivity index (χ4n) is 1.98. The maximum absolute atomic E-state index is 11.7. The average Bonchev–Trinajstić information content (AvgIpc) is 2.80. The van der Waals surface area contributed by atoms with Crippen LogP contribution in [0.4, 0.5) is 5.69 Å². The van der Waals surface area contributed by atoms with Crippen molar-refractivity contribution in [3.63, 3.8) is 0 Å². The molecule has 0 radical (unpaired) electrons. The van der Waals surface area contributed by atoms with Crippen molar-refractivity contribution >= 4 is 22.6 Å². The number of nitro groups is 1. The average molecular weight is 262 g/mol. The van der Waals surface area contributed by atoms with Crippen molar-refractivity contribution < 1.29 is 14.5 Å². The Morgan fingerprint density at radius 2 is 2.21 bits per heavy atom. The Balaban J connectivity index is 2.40. The molecule has 6 nitrogen and oxygen atoms in total. The third-order valence-electron chi connectivity index (χ3n) is 2.96. The van der Waals surface area contributed by atoms with Gasteiger partial charge in [0, 0.05) is 29.2 Å². The fraction of sp³-hybridized carbons (Fsp3) is 0.308.